The summed E-state index contributed by atoms with van der Waals surface area (Å²) in [7, 11) is 0. The molecule has 0 aliphatic heterocycles. The number of hydrogen-bond acceptors (Lipinski definition) is 1. The van der Waals surface area contributed by atoms with Crippen molar-refractivity contribution in [2.75, 3.05) is 13.1 Å². The highest BCUT2D eigenvalue weighted by Gasteiger charge is 1.93. The van der Waals surface area contributed by atoms with E-state index in [2.05, 4.69) is 49.5 Å². The lowest BCUT2D eigenvalue weighted by Gasteiger charge is -2.06. The molecule has 0 radical (unpaired) electrons. The van der Waals surface area contributed by atoms with E-state index < -0.39 is 0 Å². The van der Waals surface area contributed by atoms with Crippen LogP contribution in [0.15, 0.2) is 30.3 Å². The molecule has 1 N–H and O–H groups in total. The molecule has 0 amide bonds. The Kier molecular flexibility index (Phi) is 8.44. The molecule has 0 atom stereocenters. The van der Waals surface area contributed by atoms with Crippen LogP contribution in [-0.4, -0.2) is 13.1 Å². The van der Waals surface area contributed by atoms with E-state index in [1.165, 1.54) is 12.0 Å². The highest BCUT2D eigenvalue weighted by Crippen LogP contribution is 1.99. The van der Waals surface area contributed by atoms with Crippen LogP contribution < -0.4 is 5.32 Å². The standard InChI is InChI=1S/C13H21N.ClH/c1-12(2)8-10-14-11-9-13-6-4-3-5-7-13;/h3-7,12,14H,8-11H2,1-2H3;1H. The maximum absolute atomic E-state index is 3.47. The van der Waals surface area contributed by atoms with Crippen molar-refractivity contribution in [2.24, 2.45) is 5.92 Å². The smallest absolute Gasteiger partial charge is 0.000835 e. The van der Waals surface area contributed by atoms with Crippen LogP contribution in [0.25, 0.3) is 0 Å². The van der Waals surface area contributed by atoms with Gasteiger partial charge in [0.1, 0.15) is 0 Å². The van der Waals surface area contributed by atoms with Crippen molar-refractivity contribution in [1.82, 2.24) is 5.32 Å². The zero-order chi connectivity index (χ0) is 10.2. The Bertz CT molecular complexity index is 234. The zero-order valence-electron chi connectivity index (χ0n) is 9.70. The first-order valence-corrected chi connectivity index (χ1v) is 5.53. The summed E-state index contributed by atoms with van der Waals surface area (Å²) in [4.78, 5) is 0. The first-order valence-electron chi connectivity index (χ1n) is 5.53. The Labute approximate surface area is 99.7 Å². The average Bonchev–Trinajstić information content (AvgIpc) is 2.18. The van der Waals surface area contributed by atoms with E-state index in [0.717, 1.165) is 25.4 Å². The van der Waals surface area contributed by atoms with Gasteiger partial charge in [0.2, 0.25) is 0 Å². The molecule has 0 heterocycles. The second-order valence-corrected chi connectivity index (χ2v) is 4.17. The van der Waals surface area contributed by atoms with Gasteiger partial charge in [-0.1, -0.05) is 44.2 Å². The number of halogens is 1. The normalized spacial score (nSPS) is 10.1. The quantitative estimate of drug-likeness (QED) is 0.736. The van der Waals surface area contributed by atoms with Crippen LogP contribution >= 0.6 is 12.4 Å². The van der Waals surface area contributed by atoms with Gasteiger partial charge in [0.05, 0.1) is 0 Å². The summed E-state index contributed by atoms with van der Waals surface area (Å²) >= 11 is 0. The van der Waals surface area contributed by atoms with E-state index in [0.29, 0.717) is 0 Å². The molecule has 15 heavy (non-hydrogen) atoms. The molecule has 2 heteroatoms. The summed E-state index contributed by atoms with van der Waals surface area (Å²) in [5.41, 5.74) is 1.42. The molecule has 0 aliphatic carbocycles. The van der Waals surface area contributed by atoms with Gasteiger partial charge < -0.3 is 5.32 Å². The van der Waals surface area contributed by atoms with Gasteiger partial charge in [-0.25, -0.2) is 0 Å². The molecule has 0 unspecified atom stereocenters. The Morgan fingerprint density at radius 1 is 1.07 bits per heavy atom. The molecular formula is C13H22ClN. The lowest BCUT2D eigenvalue weighted by Crippen LogP contribution is -2.19. The van der Waals surface area contributed by atoms with Crippen molar-refractivity contribution in [2.45, 2.75) is 26.7 Å². The summed E-state index contributed by atoms with van der Waals surface area (Å²) in [6.45, 7) is 6.76. The second-order valence-electron chi connectivity index (χ2n) is 4.17. The van der Waals surface area contributed by atoms with Crippen LogP contribution in [0.2, 0.25) is 0 Å². The van der Waals surface area contributed by atoms with E-state index in [9.17, 15) is 0 Å². The molecule has 1 nitrogen and oxygen atoms in total. The minimum Gasteiger partial charge on any atom is -0.316 e. The van der Waals surface area contributed by atoms with Crippen molar-refractivity contribution in [3.05, 3.63) is 35.9 Å². The minimum absolute atomic E-state index is 0. The molecule has 0 saturated heterocycles. The predicted molar refractivity (Wildman–Crippen MR) is 69.7 cm³/mol. The van der Waals surface area contributed by atoms with Gasteiger partial charge in [-0.05, 0) is 37.4 Å². The Morgan fingerprint density at radius 3 is 2.33 bits per heavy atom. The fraction of sp³-hybridized carbons (Fsp3) is 0.538. The number of rotatable bonds is 6. The van der Waals surface area contributed by atoms with Gasteiger partial charge in [0.25, 0.3) is 0 Å². The van der Waals surface area contributed by atoms with Crippen LogP contribution in [0.1, 0.15) is 25.8 Å². The number of benzene rings is 1. The van der Waals surface area contributed by atoms with Crippen LogP contribution in [0.5, 0.6) is 0 Å². The van der Waals surface area contributed by atoms with Crippen molar-refractivity contribution < 1.29 is 0 Å². The Balaban J connectivity index is 0.00000196. The molecule has 0 saturated carbocycles. The summed E-state index contributed by atoms with van der Waals surface area (Å²) in [5.74, 6) is 0.805. The molecule has 0 bridgehead atoms. The van der Waals surface area contributed by atoms with Gasteiger partial charge in [0.15, 0.2) is 0 Å². The Morgan fingerprint density at radius 2 is 1.73 bits per heavy atom. The van der Waals surface area contributed by atoms with E-state index in [1.54, 1.807) is 0 Å². The third-order valence-corrected chi connectivity index (χ3v) is 2.33. The maximum Gasteiger partial charge on any atom is -0.000835 e. The SMILES string of the molecule is CC(C)CCNCCc1ccccc1.Cl. The molecule has 1 aromatic carbocycles. The van der Waals surface area contributed by atoms with Crippen LogP contribution in [0.4, 0.5) is 0 Å². The lowest BCUT2D eigenvalue weighted by molar-refractivity contribution is 0.539. The molecule has 0 spiro atoms. The van der Waals surface area contributed by atoms with Gasteiger partial charge >= 0.3 is 0 Å². The maximum atomic E-state index is 3.47. The van der Waals surface area contributed by atoms with Crippen molar-refractivity contribution >= 4 is 12.4 Å². The molecule has 0 aliphatic rings. The highest BCUT2D eigenvalue weighted by atomic mass is 35.5. The van der Waals surface area contributed by atoms with Gasteiger partial charge in [-0.3, -0.25) is 0 Å². The van der Waals surface area contributed by atoms with Gasteiger partial charge in [-0.15, -0.1) is 12.4 Å². The van der Waals surface area contributed by atoms with Crippen LogP contribution in [0, 0.1) is 5.92 Å². The number of nitrogens with one attached hydrogen (secondary N) is 1. The summed E-state index contributed by atoms with van der Waals surface area (Å²) in [5, 5.41) is 3.47. The van der Waals surface area contributed by atoms with Gasteiger partial charge in [-0.2, -0.15) is 0 Å². The minimum atomic E-state index is 0. The average molecular weight is 228 g/mol. The van der Waals surface area contributed by atoms with Crippen molar-refractivity contribution in [1.29, 1.82) is 0 Å². The fourth-order valence-corrected chi connectivity index (χ4v) is 1.39. The summed E-state index contributed by atoms with van der Waals surface area (Å²) in [6.07, 6.45) is 2.41. The van der Waals surface area contributed by atoms with Crippen LogP contribution in [0.3, 0.4) is 0 Å². The van der Waals surface area contributed by atoms with Crippen molar-refractivity contribution in [3.8, 4) is 0 Å². The molecular weight excluding hydrogens is 206 g/mol. The van der Waals surface area contributed by atoms with E-state index in [4.69, 9.17) is 0 Å². The van der Waals surface area contributed by atoms with Crippen molar-refractivity contribution in [3.63, 3.8) is 0 Å². The van der Waals surface area contributed by atoms with E-state index in [-0.39, 0.29) is 12.4 Å². The van der Waals surface area contributed by atoms with Crippen LogP contribution in [-0.2, 0) is 6.42 Å². The summed E-state index contributed by atoms with van der Waals surface area (Å²) in [6, 6.07) is 10.6. The lowest BCUT2D eigenvalue weighted by atomic mass is 10.1. The zero-order valence-corrected chi connectivity index (χ0v) is 10.5. The first kappa shape index (κ1) is 14.5. The van der Waals surface area contributed by atoms with E-state index >= 15 is 0 Å². The topological polar surface area (TPSA) is 12.0 Å². The molecule has 1 rings (SSSR count). The first-order chi connectivity index (χ1) is 6.79. The van der Waals surface area contributed by atoms with Gasteiger partial charge in [0, 0.05) is 0 Å². The molecule has 0 aromatic heterocycles. The predicted octanol–water partition coefficient (Wildman–Crippen LogP) is 3.29. The fourth-order valence-electron chi connectivity index (χ4n) is 1.39. The molecule has 0 fully saturated rings. The highest BCUT2D eigenvalue weighted by molar-refractivity contribution is 5.85. The largest absolute Gasteiger partial charge is 0.316 e. The second kappa shape index (κ2) is 8.75. The number of hydrogen-bond donors (Lipinski definition) is 1. The third-order valence-electron chi connectivity index (χ3n) is 2.33. The summed E-state index contributed by atoms with van der Waals surface area (Å²) < 4.78 is 0. The van der Waals surface area contributed by atoms with E-state index in [1.807, 2.05) is 0 Å². The monoisotopic (exact) mass is 227 g/mol. The Hall–Kier alpha value is -0.530. The molecule has 86 valence electrons. The third kappa shape index (κ3) is 7.40. The molecule has 1 aromatic rings.